The van der Waals surface area contributed by atoms with E-state index in [4.69, 9.17) is 13.9 Å². The monoisotopic (exact) mass is 469 g/mol. The van der Waals surface area contributed by atoms with Gasteiger partial charge in [-0.25, -0.2) is 0 Å². The standard InChI is InChI=1S/C29H27NO5/c1-16-20-15-30(17-8-6-5-7-9-17)28-26(27(32)19-12-18(33-4)10-11-22(19)35-28)24(20)25-21(31)13-29(2,3)14-23(25)34-16/h5-12,24H,13-15H2,1-4H3. The van der Waals surface area contributed by atoms with Crippen LogP contribution in [0.25, 0.3) is 11.0 Å². The molecule has 1 aliphatic carbocycles. The quantitative estimate of drug-likeness (QED) is 0.460. The summed E-state index contributed by atoms with van der Waals surface area (Å²) in [5, 5.41) is 0.437. The number of carbonyl (C=O) groups excluding carboxylic acids is 1. The van der Waals surface area contributed by atoms with Crippen LogP contribution in [0.2, 0.25) is 0 Å². The van der Waals surface area contributed by atoms with Crippen LogP contribution >= 0.6 is 0 Å². The molecule has 35 heavy (non-hydrogen) atoms. The summed E-state index contributed by atoms with van der Waals surface area (Å²) in [6.07, 6.45) is 1.07. The molecule has 0 N–H and O–H groups in total. The van der Waals surface area contributed by atoms with E-state index in [9.17, 15) is 9.59 Å². The second kappa shape index (κ2) is 7.60. The van der Waals surface area contributed by atoms with Gasteiger partial charge in [-0.3, -0.25) is 9.59 Å². The number of ether oxygens (including phenoxy) is 2. The molecule has 1 aromatic heterocycles. The van der Waals surface area contributed by atoms with Crippen LogP contribution in [-0.4, -0.2) is 19.4 Å². The summed E-state index contributed by atoms with van der Waals surface area (Å²) in [6, 6.07) is 15.1. The zero-order valence-corrected chi connectivity index (χ0v) is 20.3. The van der Waals surface area contributed by atoms with Crippen LogP contribution in [0.1, 0.15) is 45.1 Å². The Kier molecular flexibility index (Phi) is 4.72. The first kappa shape index (κ1) is 21.7. The summed E-state index contributed by atoms with van der Waals surface area (Å²) in [4.78, 5) is 29.7. The van der Waals surface area contributed by atoms with Crippen molar-refractivity contribution in [2.75, 3.05) is 18.6 Å². The first-order valence-electron chi connectivity index (χ1n) is 11.9. The molecule has 178 valence electrons. The lowest BCUT2D eigenvalue weighted by Crippen LogP contribution is -2.40. The number of anilines is 2. The molecule has 6 heteroatoms. The maximum absolute atomic E-state index is 14.1. The zero-order valence-electron chi connectivity index (χ0n) is 20.3. The molecule has 0 fully saturated rings. The van der Waals surface area contributed by atoms with Crippen molar-refractivity contribution in [2.24, 2.45) is 5.41 Å². The summed E-state index contributed by atoms with van der Waals surface area (Å²) in [6.45, 7) is 6.54. The van der Waals surface area contributed by atoms with Crippen LogP contribution in [0.4, 0.5) is 11.6 Å². The Morgan fingerprint density at radius 3 is 2.57 bits per heavy atom. The van der Waals surface area contributed by atoms with Crippen molar-refractivity contribution in [1.29, 1.82) is 0 Å². The Morgan fingerprint density at radius 2 is 1.83 bits per heavy atom. The molecule has 2 aromatic carbocycles. The van der Waals surface area contributed by atoms with Gasteiger partial charge in [0, 0.05) is 29.7 Å². The van der Waals surface area contributed by atoms with Crippen molar-refractivity contribution in [1.82, 2.24) is 0 Å². The van der Waals surface area contributed by atoms with Gasteiger partial charge in [0.05, 0.1) is 30.5 Å². The Labute approximate surface area is 203 Å². The van der Waals surface area contributed by atoms with Crippen LogP contribution in [0.15, 0.2) is 80.4 Å². The van der Waals surface area contributed by atoms with Gasteiger partial charge in [-0.05, 0) is 42.7 Å². The Balaban J connectivity index is 1.67. The molecule has 6 rings (SSSR count). The van der Waals surface area contributed by atoms with E-state index < -0.39 is 5.92 Å². The van der Waals surface area contributed by atoms with E-state index in [1.165, 1.54) is 0 Å². The molecule has 1 unspecified atom stereocenters. The second-order valence-electron chi connectivity index (χ2n) is 10.3. The smallest absolute Gasteiger partial charge is 0.208 e. The van der Waals surface area contributed by atoms with Crippen molar-refractivity contribution in [2.45, 2.75) is 39.5 Å². The number of hydrogen-bond acceptors (Lipinski definition) is 6. The van der Waals surface area contributed by atoms with Crippen LogP contribution in [0.5, 0.6) is 5.75 Å². The van der Waals surface area contributed by atoms with Gasteiger partial charge in [-0.1, -0.05) is 32.0 Å². The predicted molar refractivity (Wildman–Crippen MR) is 134 cm³/mol. The molecular formula is C29H27NO5. The third-order valence-electron chi connectivity index (χ3n) is 7.29. The average Bonchev–Trinajstić information content (AvgIpc) is 2.83. The number of fused-ring (bicyclic) bond motifs is 5. The maximum Gasteiger partial charge on any atom is 0.208 e. The van der Waals surface area contributed by atoms with E-state index in [0.29, 0.717) is 58.9 Å². The number of methoxy groups -OCH3 is 1. The van der Waals surface area contributed by atoms with Gasteiger partial charge in [0.2, 0.25) is 5.88 Å². The first-order chi connectivity index (χ1) is 16.8. The van der Waals surface area contributed by atoms with Crippen LogP contribution in [0.3, 0.4) is 0 Å². The minimum Gasteiger partial charge on any atom is -0.497 e. The predicted octanol–water partition coefficient (Wildman–Crippen LogP) is 5.98. The highest BCUT2D eigenvalue weighted by Gasteiger charge is 2.47. The summed E-state index contributed by atoms with van der Waals surface area (Å²) in [7, 11) is 1.57. The number of ketones is 1. The summed E-state index contributed by atoms with van der Waals surface area (Å²) >= 11 is 0. The molecular weight excluding hydrogens is 442 g/mol. The van der Waals surface area contributed by atoms with Gasteiger partial charge in [-0.2, -0.15) is 0 Å². The fourth-order valence-electron chi connectivity index (χ4n) is 5.66. The minimum atomic E-state index is -0.482. The molecule has 3 heterocycles. The fourth-order valence-corrected chi connectivity index (χ4v) is 5.66. The van der Waals surface area contributed by atoms with Crippen molar-refractivity contribution < 1.29 is 18.7 Å². The molecule has 0 saturated carbocycles. The number of para-hydroxylation sites is 1. The molecule has 6 nitrogen and oxygen atoms in total. The first-order valence-corrected chi connectivity index (χ1v) is 11.9. The third kappa shape index (κ3) is 3.31. The Hall–Kier alpha value is -3.80. The van der Waals surface area contributed by atoms with Gasteiger partial charge < -0.3 is 18.8 Å². The van der Waals surface area contributed by atoms with Crippen LogP contribution in [-0.2, 0) is 9.53 Å². The summed E-state index contributed by atoms with van der Waals surface area (Å²) in [5.41, 5.74) is 3.05. The molecule has 3 aromatic rings. The van der Waals surface area contributed by atoms with Crippen molar-refractivity contribution in [3.63, 3.8) is 0 Å². The number of benzene rings is 2. The van der Waals surface area contributed by atoms with E-state index in [0.717, 1.165) is 17.0 Å². The number of rotatable bonds is 2. The van der Waals surface area contributed by atoms with E-state index >= 15 is 0 Å². The summed E-state index contributed by atoms with van der Waals surface area (Å²) < 4.78 is 18.1. The highest BCUT2D eigenvalue weighted by atomic mass is 16.5. The number of Topliss-reactive ketones (excluding diaryl/α,β-unsaturated/α-hetero) is 1. The van der Waals surface area contributed by atoms with E-state index in [1.807, 2.05) is 42.2 Å². The van der Waals surface area contributed by atoms with Crippen molar-refractivity contribution in [3.8, 4) is 5.75 Å². The minimum absolute atomic E-state index is 0.0375. The molecule has 0 saturated heterocycles. The van der Waals surface area contributed by atoms with Gasteiger partial charge >= 0.3 is 0 Å². The van der Waals surface area contributed by atoms with E-state index in [2.05, 4.69) is 13.8 Å². The van der Waals surface area contributed by atoms with Crippen molar-refractivity contribution >= 4 is 28.3 Å². The molecule has 0 spiro atoms. The topological polar surface area (TPSA) is 69.0 Å². The van der Waals surface area contributed by atoms with Gasteiger partial charge in [-0.15, -0.1) is 0 Å². The number of hydrogen-bond donors (Lipinski definition) is 0. The SMILES string of the molecule is COc1ccc2oc3c(c(=O)c2c1)C1C(=C(C)OC2=C1C(=O)CC(C)(C)C2)CN3c1ccccc1. The zero-order chi connectivity index (χ0) is 24.5. The lowest BCUT2D eigenvalue weighted by atomic mass is 9.69. The number of allylic oxidation sites excluding steroid dienone is 3. The third-order valence-corrected chi connectivity index (χ3v) is 7.29. The molecule has 3 aliphatic rings. The fraction of sp³-hybridized carbons (Fsp3) is 0.310. The molecule has 0 bridgehead atoms. The Morgan fingerprint density at radius 1 is 1.06 bits per heavy atom. The average molecular weight is 470 g/mol. The highest BCUT2D eigenvalue weighted by molar-refractivity contribution is 6.01. The highest BCUT2D eigenvalue weighted by Crippen LogP contribution is 2.53. The van der Waals surface area contributed by atoms with Crippen LogP contribution in [0, 0.1) is 5.41 Å². The van der Waals surface area contributed by atoms with E-state index in [-0.39, 0.29) is 16.6 Å². The summed E-state index contributed by atoms with van der Waals surface area (Å²) in [5.74, 6) is 2.04. The molecule has 1 atom stereocenters. The van der Waals surface area contributed by atoms with Crippen LogP contribution < -0.4 is 15.1 Å². The number of nitrogens with zero attached hydrogens (tertiary/aromatic N) is 1. The largest absolute Gasteiger partial charge is 0.497 e. The molecule has 2 aliphatic heterocycles. The molecule has 0 radical (unpaired) electrons. The number of carbonyl (C=O) groups is 1. The Bertz CT molecular complexity index is 1510. The maximum atomic E-state index is 14.1. The lowest BCUT2D eigenvalue weighted by molar-refractivity contribution is -0.119. The van der Waals surface area contributed by atoms with E-state index in [1.54, 1.807) is 25.3 Å². The van der Waals surface area contributed by atoms with Gasteiger partial charge in [0.15, 0.2) is 11.2 Å². The van der Waals surface area contributed by atoms with Crippen molar-refractivity contribution in [3.05, 3.63) is 87.0 Å². The lowest BCUT2D eigenvalue weighted by Gasteiger charge is -2.43. The molecule has 0 amide bonds. The van der Waals surface area contributed by atoms with Gasteiger partial charge in [0.1, 0.15) is 22.9 Å². The normalized spacial score (nSPS) is 20.9. The second-order valence-corrected chi connectivity index (χ2v) is 10.3. The van der Waals surface area contributed by atoms with Gasteiger partial charge in [0.25, 0.3) is 0 Å².